The first-order chi connectivity index (χ1) is 19.2. The number of sulfonamides is 1. The van der Waals surface area contributed by atoms with Gasteiger partial charge in [-0.05, 0) is 69.7 Å². The molecule has 9 nitrogen and oxygen atoms in total. The fraction of sp³-hybridized carbons (Fsp3) is 0.567. The summed E-state index contributed by atoms with van der Waals surface area (Å²) in [4.78, 5) is 21.8. The molecule has 0 bridgehead atoms. The molecule has 1 saturated carbocycles. The van der Waals surface area contributed by atoms with Crippen LogP contribution < -0.4 is 4.31 Å². The van der Waals surface area contributed by atoms with Crippen LogP contribution in [0.3, 0.4) is 0 Å². The molecule has 0 spiro atoms. The van der Waals surface area contributed by atoms with Gasteiger partial charge in [-0.15, -0.1) is 0 Å². The molecule has 1 saturated heterocycles. The third-order valence-corrected chi connectivity index (χ3v) is 8.42. The summed E-state index contributed by atoms with van der Waals surface area (Å²) < 4.78 is 57.3. The largest absolute Gasteiger partial charge is 0.462 e. The van der Waals surface area contributed by atoms with Gasteiger partial charge < -0.3 is 14.2 Å². The van der Waals surface area contributed by atoms with Gasteiger partial charge in [-0.2, -0.15) is 0 Å². The average molecular weight is 590 g/mol. The molecule has 0 N–H and O–H groups in total. The third kappa shape index (κ3) is 8.11. The highest BCUT2D eigenvalue weighted by molar-refractivity contribution is 7.92. The molecular formula is C30H40FN3O6S. The Morgan fingerprint density at radius 3 is 2.44 bits per heavy atom. The van der Waals surface area contributed by atoms with Gasteiger partial charge in [0.25, 0.3) is 0 Å². The molecule has 2 fully saturated rings. The van der Waals surface area contributed by atoms with Crippen LogP contribution in [-0.2, 0) is 29.0 Å². The fourth-order valence-corrected chi connectivity index (χ4v) is 5.60. The van der Waals surface area contributed by atoms with E-state index in [2.05, 4.69) is 9.97 Å². The van der Waals surface area contributed by atoms with Crippen LogP contribution in [0.2, 0.25) is 0 Å². The van der Waals surface area contributed by atoms with Gasteiger partial charge >= 0.3 is 5.97 Å². The number of ether oxygens (including phenoxy) is 3. The molecule has 224 valence electrons. The van der Waals surface area contributed by atoms with Gasteiger partial charge in [0.15, 0.2) is 5.79 Å². The van der Waals surface area contributed by atoms with Gasteiger partial charge in [0, 0.05) is 24.6 Å². The first-order valence-electron chi connectivity index (χ1n) is 14.1. The maximum absolute atomic E-state index is 13.8. The number of rotatable bonds is 9. The lowest BCUT2D eigenvalue weighted by atomic mass is 9.97. The van der Waals surface area contributed by atoms with Crippen LogP contribution in [0, 0.1) is 5.82 Å². The highest BCUT2D eigenvalue weighted by atomic mass is 32.2. The van der Waals surface area contributed by atoms with Crippen LogP contribution in [0.1, 0.15) is 83.4 Å². The van der Waals surface area contributed by atoms with E-state index in [4.69, 9.17) is 14.2 Å². The van der Waals surface area contributed by atoms with E-state index in [-0.39, 0.29) is 42.6 Å². The number of nitrogens with zero attached hydrogens (tertiary/aromatic N) is 3. The summed E-state index contributed by atoms with van der Waals surface area (Å²) in [6.07, 6.45) is 8.62. The number of hydrogen-bond donors (Lipinski definition) is 0. The SMILES string of the molecule is CC(C)c1nc(N(C)S(C)(=O)=O)nc(-c2ccc(F)cc2)c1/C=C/C1CC(CC(=O)OC2CCCC2)OC(C)(C)O1. The van der Waals surface area contributed by atoms with Gasteiger partial charge in [0.1, 0.15) is 11.9 Å². The first kappa shape index (κ1) is 31.1. The third-order valence-electron chi connectivity index (χ3n) is 7.26. The molecule has 4 rings (SSSR count). The van der Waals surface area contributed by atoms with Crippen molar-refractivity contribution in [1.29, 1.82) is 0 Å². The first-order valence-corrected chi connectivity index (χ1v) is 15.9. The lowest BCUT2D eigenvalue weighted by molar-refractivity contribution is -0.290. The van der Waals surface area contributed by atoms with Gasteiger partial charge in [-0.1, -0.05) is 26.0 Å². The smallest absolute Gasteiger partial charge is 0.308 e. The number of benzene rings is 1. The summed E-state index contributed by atoms with van der Waals surface area (Å²) in [7, 11) is -2.23. The highest BCUT2D eigenvalue weighted by Gasteiger charge is 2.36. The van der Waals surface area contributed by atoms with Crippen molar-refractivity contribution in [3.8, 4) is 11.3 Å². The van der Waals surface area contributed by atoms with Crippen molar-refractivity contribution in [3.63, 3.8) is 0 Å². The van der Waals surface area contributed by atoms with Crippen molar-refractivity contribution in [1.82, 2.24) is 9.97 Å². The summed E-state index contributed by atoms with van der Waals surface area (Å²) >= 11 is 0. The summed E-state index contributed by atoms with van der Waals surface area (Å²) in [5, 5.41) is 0. The molecule has 41 heavy (non-hydrogen) atoms. The molecule has 1 aliphatic heterocycles. The van der Waals surface area contributed by atoms with Crippen LogP contribution in [0.15, 0.2) is 30.3 Å². The predicted molar refractivity (Wildman–Crippen MR) is 155 cm³/mol. The minimum absolute atomic E-state index is 0.00454. The minimum Gasteiger partial charge on any atom is -0.462 e. The molecule has 1 aliphatic carbocycles. The van der Waals surface area contributed by atoms with Crippen molar-refractivity contribution < 1.29 is 31.8 Å². The molecule has 0 radical (unpaired) electrons. The molecule has 2 atom stereocenters. The zero-order valence-corrected chi connectivity index (χ0v) is 25.4. The monoisotopic (exact) mass is 589 g/mol. The van der Waals surface area contributed by atoms with Crippen molar-refractivity contribution in [2.75, 3.05) is 17.6 Å². The highest BCUT2D eigenvalue weighted by Crippen LogP contribution is 2.34. The van der Waals surface area contributed by atoms with Crippen molar-refractivity contribution in [2.45, 2.75) is 96.2 Å². The van der Waals surface area contributed by atoms with Gasteiger partial charge in [0.05, 0.1) is 36.3 Å². The molecule has 0 amide bonds. The Morgan fingerprint density at radius 2 is 1.83 bits per heavy atom. The maximum atomic E-state index is 13.8. The standard InChI is InChI=1S/C30H40FN3O6S/c1-19(2)27-25(28(20-11-13-21(31)14-12-20)33-29(32-27)34(5)41(6,36)37)16-15-23-17-24(40-30(3,4)39-23)18-26(35)38-22-9-7-8-10-22/h11-16,19,22-24H,7-10,17-18H2,1-6H3/b16-15+. The summed E-state index contributed by atoms with van der Waals surface area (Å²) in [5.41, 5.74) is 2.37. The normalized spacial score (nSPS) is 21.5. The van der Waals surface area contributed by atoms with E-state index in [0.717, 1.165) is 36.2 Å². The van der Waals surface area contributed by atoms with Crippen LogP contribution in [0.25, 0.3) is 17.3 Å². The van der Waals surface area contributed by atoms with E-state index in [1.807, 2.05) is 39.8 Å². The van der Waals surface area contributed by atoms with Gasteiger partial charge in [-0.3, -0.25) is 4.79 Å². The van der Waals surface area contributed by atoms with Gasteiger partial charge in [0.2, 0.25) is 16.0 Å². The molecule has 2 heterocycles. The van der Waals surface area contributed by atoms with E-state index in [0.29, 0.717) is 28.9 Å². The maximum Gasteiger partial charge on any atom is 0.308 e. The molecule has 11 heteroatoms. The number of carbonyl (C=O) groups excluding carboxylic acids is 1. The molecule has 2 aromatic rings. The van der Waals surface area contributed by atoms with E-state index < -0.39 is 21.6 Å². The van der Waals surface area contributed by atoms with Crippen molar-refractivity contribution >= 4 is 28.0 Å². The number of carbonyl (C=O) groups is 1. The number of hydrogen-bond acceptors (Lipinski definition) is 8. The second-order valence-corrected chi connectivity index (χ2v) is 13.6. The Balaban J connectivity index is 1.67. The molecular weight excluding hydrogens is 549 g/mol. The van der Waals surface area contributed by atoms with Crippen molar-refractivity contribution in [2.24, 2.45) is 0 Å². The van der Waals surface area contributed by atoms with E-state index in [1.54, 1.807) is 12.1 Å². The molecule has 1 aromatic heterocycles. The van der Waals surface area contributed by atoms with Crippen LogP contribution >= 0.6 is 0 Å². The summed E-state index contributed by atoms with van der Waals surface area (Å²) in [6.45, 7) is 7.53. The average Bonchev–Trinajstić information content (AvgIpc) is 3.38. The minimum atomic E-state index is -3.62. The summed E-state index contributed by atoms with van der Waals surface area (Å²) in [6, 6.07) is 5.87. The molecule has 1 aromatic carbocycles. The Kier molecular flexibility index (Phi) is 9.50. The second kappa shape index (κ2) is 12.5. The number of aromatic nitrogens is 2. The summed E-state index contributed by atoms with van der Waals surface area (Å²) in [5.74, 6) is -1.65. The van der Waals surface area contributed by atoms with Crippen molar-refractivity contribution in [3.05, 3.63) is 47.4 Å². The Bertz CT molecular complexity index is 1370. The Labute approximate surface area is 242 Å². The number of esters is 1. The molecule has 2 unspecified atom stereocenters. The number of anilines is 1. The lowest BCUT2D eigenvalue weighted by Gasteiger charge is -2.39. The van der Waals surface area contributed by atoms with E-state index >= 15 is 0 Å². The van der Waals surface area contributed by atoms with Gasteiger partial charge in [-0.25, -0.2) is 27.1 Å². The zero-order valence-electron chi connectivity index (χ0n) is 24.6. The Hall–Kier alpha value is -2.89. The van der Waals surface area contributed by atoms with E-state index in [1.165, 1.54) is 19.2 Å². The zero-order chi connectivity index (χ0) is 29.9. The van der Waals surface area contributed by atoms with E-state index in [9.17, 15) is 17.6 Å². The quantitative estimate of drug-likeness (QED) is 0.348. The fourth-order valence-electron chi connectivity index (χ4n) is 5.22. The lowest BCUT2D eigenvalue weighted by Crippen LogP contribution is -2.44. The van der Waals surface area contributed by atoms with Crippen LogP contribution in [0.4, 0.5) is 10.3 Å². The predicted octanol–water partition coefficient (Wildman–Crippen LogP) is 5.60. The Morgan fingerprint density at radius 1 is 1.17 bits per heavy atom. The van der Waals surface area contributed by atoms with Crippen LogP contribution in [0.5, 0.6) is 0 Å². The topological polar surface area (TPSA) is 108 Å². The number of halogens is 1. The second-order valence-electron chi connectivity index (χ2n) is 11.6. The van der Waals surface area contributed by atoms with Crippen LogP contribution in [-0.4, -0.2) is 61.8 Å². The molecule has 2 aliphatic rings.